The van der Waals surface area contributed by atoms with E-state index in [0.717, 1.165) is 0 Å². The molecule has 15 N–H and O–H groups in total. The molecule has 0 aliphatic rings. The van der Waals surface area contributed by atoms with E-state index in [1.807, 2.05) is 0 Å². The summed E-state index contributed by atoms with van der Waals surface area (Å²) in [5.41, 5.74) is 0. The quantitative estimate of drug-likeness (QED) is 0.301. The first-order valence-electron chi connectivity index (χ1n) is 0.743. The summed E-state index contributed by atoms with van der Waals surface area (Å²) < 4.78 is 34.0. The van der Waals surface area contributed by atoms with Gasteiger partial charge in [-0.15, -0.1) is 10.2 Å². The van der Waals surface area contributed by atoms with Crippen molar-refractivity contribution in [3.63, 3.8) is 0 Å². The average Bonchev–Trinajstić information content (AvgIpc) is 1.36. The van der Waals surface area contributed by atoms with Crippen LogP contribution in [0.3, 0.4) is 0 Å². The van der Waals surface area contributed by atoms with E-state index >= 15 is 0 Å². The van der Waals surface area contributed by atoms with Gasteiger partial charge in [-0.2, -0.15) is 0 Å². The van der Waals surface area contributed by atoms with Crippen molar-refractivity contribution in [2.75, 3.05) is 0 Å². The fourth-order valence-corrected chi connectivity index (χ4v) is 0. The van der Waals surface area contributed by atoms with Gasteiger partial charge >= 0.3 is 28.1 Å². The van der Waals surface area contributed by atoms with E-state index in [-0.39, 0.29) is 30.8 Å². The van der Waals surface area contributed by atoms with Crippen molar-refractivity contribution in [3.05, 3.63) is 0 Å². The second-order valence-electron chi connectivity index (χ2n) is 0.378. The smallest absolute Gasteiger partial charge is 0.112 e. The summed E-state index contributed by atoms with van der Waals surface area (Å²) in [6, 6.07) is 0. The third-order valence-corrected chi connectivity index (χ3v) is 0. The molecule has 0 saturated carbocycles. The molecule has 0 saturated heterocycles. The second kappa shape index (κ2) is 29.7. The minimum atomic E-state index is -4.94. The normalized spacial score (nSPS) is 5.50. The van der Waals surface area contributed by atoms with Crippen LogP contribution in [-0.4, -0.2) is 0 Å². The maximum atomic E-state index is 8.49. The first-order chi connectivity index (χ1) is 3.00. The molecule has 9 nitrogen and oxygen atoms in total. The number of hydrogen-bond acceptors (Lipinski definition) is 9. The van der Waals surface area contributed by atoms with Crippen LogP contribution in [0.25, 0.3) is 0 Å². The second-order valence-corrected chi connectivity index (χ2v) is 1.13. The summed E-state index contributed by atoms with van der Waals surface area (Å²) in [5.74, 6) is 0. The van der Waals surface area contributed by atoms with Crippen LogP contribution in [-0.2, 0) is 13.9 Å². The maximum absolute atomic E-state index is 8.49. The van der Waals surface area contributed by atoms with Crippen LogP contribution < -0.4 is 49.4 Å². The molecule has 12 heteroatoms. The van der Waals surface area contributed by atoms with Crippen LogP contribution in [0.4, 0.5) is 0 Å². The van der Waals surface area contributed by atoms with E-state index < -0.39 is 10.2 Å². The van der Waals surface area contributed by atoms with Gasteiger partial charge in [-0.25, -0.2) is 18.6 Å². The molecule has 0 aromatic heterocycles. The molecule has 0 radical (unpaired) electrons. The van der Waals surface area contributed by atoms with Gasteiger partial charge in [0.1, 0.15) is 0 Å². The molecule has 87 valence electrons. The third-order valence-electron chi connectivity index (χ3n) is 0. The molecule has 0 spiro atoms. The molecular weight excluding hydrogens is 308 g/mol. The summed E-state index contributed by atoms with van der Waals surface area (Å²) in [7, 11) is -4.94. The SMILES string of the molecule is N.N.N.N.N.[Co+][Br].[O-][Cl+3]([O-])([O-])[O-]. The zero-order chi connectivity index (χ0) is 6.50. The van der Waals surface area contributed by atoms with Crippen molar-refractivity contribution in [1.29, 1.82) is 0 Å². The molecule has 0 aliphatic heterocycles. The molecule has 0 aliphatic carbocycles. The Morgan fingerprint density at radius 1 is 0.667 bits per heavy atom. The molecule has 0 unspecified atom stereocenters. The third kappa shape index (κ3) is 1280. The predicted octanol–water partition coefficient (Wildman–Crippen LogP) is -3.10. The van der Waals surface area contributed by atoms with E-state index in [4.69, 9.17) is 18.6 Å². The van der Waals surface area contributed by atoms with E-state index in [1.54, 1.807) is 0 Å². The van der Waals surface area contributed by atoms with Crippen LogP contribution in [0, 0.1) is 10.2 Å². The van der Waals surface area contributed by atoms with E-state index in [2.05, 4.69) is 28.1 Å². The predicted molar refractivity (Wildman–Crippen MR) is 34.0 cm³/mol. The summed E-state index contributed by atoms with van der Waals surface area (Å²) in [6.07, 6.45) is 0. The molecule has 0 atom stereocenters. The van der Waals surface area contributed by atoms with Crippen LogP contribution in [0.5, 0.6) is 0 Å². The van der Waals surface area contributed by atoms with Gasteiger partial charge in [-0.05, 0) is 0 Å². The minimum Gasteiger partial charge on any atom is -0.222 e. The Morgan fingerprint density at radius 3 is 0.667 bits per heavy atom. The van der Waals surface area contributed by atoms with Gasteiger partial charge in [0.25, 0.3) is 0 Å². The summed E-state index contributed by atoms with van der Waals surface area (Å²) in [5, 5.41) is 0. The van der Waals surface area contributed by atoms with Gasteiger partial charge in [-0.1, -0.05) is 0 Å². The Balaban J connectivity index is -0.00000000671. The first kappa shape index (κ1) is 52.4. The zero-order valence-corrected chi connectivity index (χ0v) is 9.64. The molecule has 0 rings (SSSR count). The Morgan fingerprint density at radius 2 is 0.667 bits per heavy atom. The Kier molecular flexibility index (Phi) is 130. The fourth-order valence-electron chi connectivity index (χ4n) is 0. The van der Waals surface area contributed by atoms with Gasteiger partial charge < -0.3 is 30.8 Å². The van der Waals surface area contributed by atoms with Crippen LogP contribution in [0.2, 0.25) is 0 Å². The average molecular weight is 323 g/mol. The monoisotopic (exact) mass is 322 g/mol. The zero-order valence-electron chi connectivity index (χ0n) is 6.26. The fraction of sp³-hybridized carbons (Fsp3) is 0. The van der Waals surface area contributed by atoms with Crippen molar-refractivity contribution < 1.29 is 42.8 Å². The number of rotatable bonds is 0. The molecular formula is H15BrClCoN5O4. The molecule has 0 aromatic rings. The molecule has 12 heavy (non-hydrogen) atoms. The van der Waals surface area contributed by atoms with Gasteiger partial charge in [0, 0.05) is 0 Å². The van der Waals surface area contributed by atoms with Gasteiger partial charge in [0.2, 0.25) is 0 Å². The molecule has 0 aromatic carbocycles. The van der Waals surface area contributed by atoms with Crippen molar-refractivity contribution in [2.24, 2.45) is 0 Å². The molecule has 0 amide bonds. The van der Waals surface area contributed by atoms with Crippen LogP contribution in [0.1, 0.15) is 0 Å². The van der Waals surface area contributed by atoms with E-state index in [9.17, 15) is 0 Å². The van der Waals surface area contributed by atoms with E-state index in [1.165, 1.54) is 0 Å². The van der Waals surface area contributed by atoms with E-state index in [0.29, 0.717) is 0 Å². The Bertz CT molecular complexity index is 38.9. The Labute approximate surface area is 87.9 Å². The maximum Gasteiger partial charge on any atom is -0.112 e. The van der Waals surface area contributed by atoms with Gasteiger partial charge in [0.15, 0.2) is 0 Å². The van der Waals surface area contributed by atoms with Crippen molar-refractivity contribution in [2.45, 2.75) is 0 Å². The topological polar surface area (TPSA) is 267 Å². The minimum absolute atomic E-state index is 0. The number of hydrogen-bond donors (Lipinski definition) is 5. The van der Waals surface area contributed by atoms with Crippen molar-refractivity contribution in [3.8, 4) is 0 Å². The Hall–Kier alpha value is 0.916. The largest absolute Gasteiger partial charge is 0.222 e. The van der Waals surface area contributed by atoms with Crippen LogP contribution >= 0.6 is 14.2 Å². The van der Waals surface area contributed by atoms with Gasteiger partial charge in [0.05, 0.1) is 0 Å². The van der Waals surface area contributed by atoms with Crippen molar-refractivity contribution in [1.82, 2.24) is 30.8 Å². The summed E-state index contributed by atoms with van der Waals surface area (Å²) in [6.45, 7) is 0. The first-order valence-corrected chi connectivity index (χ1v) is 4.55. The summed E-state index contributed by atoms with van der Waals surface area (Å²) >= 11 is 6.00. The molecule has 0 bridgehead atoms. The standard InChI is InChI=1S/BrH.ClHO4.Co.5H3N/c;2-1(3,4)5;;;;;;/h1H;(H,2,3,4,5);;5*1H3/q;;+2;;;;;/p-2. The van der Waals surface area contributed by atoms with Crippen LogP contribution in [0.15, 0.2) is 0 Å². The molecule has 0 heterocycles. The summed E-state index contributed by atoms with van der Waals surface area (Å²) in [4.78, 5) is 0. The molecule has 0 fully saturated rings. The number of halogens is 2. The van der Waals surface area contributed by atoms with Crippen molar-refractivity contribution >= 4 is 14.2 Å². The van der Waals surface area contributed by atoms with Gasteiger partial charge in [-0.3, -0.25) is 0 Å².